The van der Waals surface area contributed by atoms with E-state index >= 15 is 0 Å². The highest BCUT2D eigenvalue weighted by atomic mass is 16.6. The number of likely N-dealkylation sites (tertiary alicyclic amines) is 2. The molecule has 0 atom stereocenters. The molecule has 1 aromatic carbocycles. The van der Waals surface area contributed by atoms with Crippen LogP contribution in [0.3, 0.4) is 0 Å². The number of rotatable bonds is 5. The fraction of sp³-hybridized carbons (Fsp3) is 0.652. The van der Waals surface area contributed by atoms with E-state index in [4.69, 9.17) is 4.74 Å². The normalized spacial score (nSPS) is 18.7. The third-order valence-electron chi connectivity index (χ3n) is 5.61. The number of carbonyl (C=O) groups excluding carboxylic acids is 2. The van der Waals surface area contributed by atoms with Gasteiger partial charge in [0.25, 0.3) is 0 Å². The Morgan fingerprint density at radius 1 is 1.00 bits per heavy atom. The first-order valence-corrected chi connectivity index (χ1v) is 10.9. The minimum absolute atomic E-state index is 0.0388. The van der Waals surface area contributed by atoms with Gasteiger partial charge in [-0.15, -0.1) is 0 Å². The molecule has 2 aliphatic heterocycles. The Morgan fingerprint density at radius 3 is 2.17 bits per heavy atom. The van der Waals surface area contributed by atoms with Crippen molar-refractivity contribution in [3.63, 3.8) is 0 Å². The summed E-state index contributed by atoms with van der Waals surface area (Å²) in [6.07, 6.45) is 3.69. The Hall–Kier alpha value is -2.08. The van der Waals surface area contributed by atoms with Crippen LogP contribution in [0.25, 0.3) is 0 Å². The van der Waals surface area contributed by atoms with Gasteiger partial charge in [0.05, 0.1) is 0 Å². The second-order valence-electron chi connectivity index (χ2n) is 9.26. The van der Waals surface area contributed by atoms with Crippen molar-refractivity contribution in [3.05, 3.63) is 35.4 Å². The lowest BCUT2D eigenvalue weighted by Gasteiger charge is -2.32. The van der Waals surface area contributed by atoms with Gasteiger partial charge < -0.3 is 15.0 Å². The summed E-state index contributed by atoms with van der Waals surface area (Å²) in [7, 11) is 0. The van der Waals surface area contributed by atoms with Gasteiger partial charge in [0.15, 0.2) is 0 Å². The quantitative estimate of drug-likeness (QED) is 0.820. The summed E-state index contributed by atoms with van der Waals surface area (Å²) in [5.74, 6) is 0.0399. The van der Waals surface area contributed by atoms with E-state index in [1.165, 1.54) is 31.5 Å². The minimum Gasteiger partial charge on any atom is -0.444 e. The molecule has 2 aliphatic rings. The van der Waals surface area contributed by atoms with E-state index in [9.17, 15) is 9.59 Å². The SMILES string of the molecule is CC(C)(C)OC(=O)N1CCC(C(=O)NCc2ccc(CN3CCCC3)cc2)CC1. The zero-order valence-corrected chi connectivity index (χ0v) is 18.1. The number of ether oxygens (including phenoxy) is 1. The standard InChI is InChI=1S/C23H35N3O3/c1-23(2,3)29-22(28)26-14-10-20(11-15-26)21(27)24-16-18-6-8-19(9-7-18)17-25-12-4-5-13-25/h6-9,20H,4-5,10-17H2,1-3H3,(H,24,27). The van der Waals surface area contributed by atoms with Gasteiger partial charge >= 0.3 is 6.09 Å². The molecule has 6 heteroatoms. The molecule has 29 heavy (non-hydrogen) atoms. The van der Waals surface area contributed by atoms with Gasteiger partial charge in [-0.25, -0.2) is 4.79 Å². The Morgan fingerprint density at radius 2 is 1.59 bits per heavy atom. The largest absolute Gasteiger partial charge is 0.444 e. The molecule has 2 amide bonds. The number of piperidine rings is 1. The van der Waals surface area contributed by atoms with Gasteiger partial charge in [0.2, 0.25) is 5.91 Å². The van der Waals surface area contributed by atoms with E-state index in [-0.39, 0.29) is 17.9 Å². The van der Waals surface area contributed by atoms with Crippen molar-refractivity contribution >= 4 is 12.0 Å². The Kier molecular flexibility index (Phi) is 7.17. The van der Waals surface area contributed by atoms with Crippen LogP contribution in [0.1, 0.15) is 57.6 Å². The van der Waals surface area contributed by atoms with Crippen molar-refractivity contribution in [2.75, 3.05) is 26.2 Å². The fourth-order valence-electron chi connectivity index (χ4n) is 3.95. The number of amides is 2. The summed E-state index contributed by atoms with van der Waals surface area (Å²) in [6.45, 7) is 10.7. The molecule has 2 saturated heterocycles. The van der Waals surface area contributed by atoms with Crippen LogP contribution in [-0.4, -0.2) is 53.6 Å². The van der Waals surface area contributed by atoms with Crippen LogP contribution in [0.4, 0.5) is 4.79 Å². The molecule has 0 radical (unpaired) electrons. The molecule has 0 spiro atoms. The van der Waals surface area contributed by atoms with E-state index in [2.05, 4.69) is 34.5 Å². The van der Waals surface area contributed by atoms with Crippen molar-refractivity contribution in [2.45, 2.75) is 65.1 Å². The highest BCUT2D eigenvalue weighted by Gasteiger charge is 2.29. The summed E-state index contributed by atoms with van der Waals surface area (Å²) in [4.78, 5) is 28.8. The lowest BCUT2D eigenvalue weighted by Crippen LogP contribution is -2.44. The third-order valence-corrected chi connectivity index (χ3v) is 5.61. The van der Waals surface area contributed by atoms with Crippen molar-refractivity contribution in [1.29, 1.82) is 0 Å². The zero-order valence-electron chi connectivity index (χ0n) is 18.1. The van der Waals surface area contributed by atoms with Crippen LogP contribution in [0, 0.1) is 5.92 Å². The predicted molar refractivity (Wildman–Crippen MR) is 113 cm³/mol. The molecule has 0 saturated carbocycles. The Balaban J connectivity index is 1.39. The van der Waals surface area contributed by atoms with E-state index < -0.39 is 5.60 Å². The lowest BCUT2D eigenvalue weighted by atomic mass is 9.96. The van der Waals surface area contributed by atoms with Crippen LogP contribution in [-0.2, 0) is 22.6 Å². The molecule has 2 fully saturated rings. The average Bonchev–Trinajstić information content (AvgIpc) is 3.19. The molecule has 3 rings (SSSR count). The lowest BCUT2D eigenvalue weighted by molar-refractivity contribution is -0.126. The van der Waals surface area contributed by atoms with E-state index in [0.717, 1.165) is 12.1 Å². The molecule has 6 nitrogen and oxygen atoms in total. The third kappa shape index (κ3) is 6.74. The zero-order chi connectivity index (χ0) is 20.9. The number of nitrogens with zero attached hydrogens (tertiary/aromatic N) is 2. The van der Waals surface area contributed by atoms with E-state index in [1.54, 1.807) is 4.90 Å². The highest BCUT2D eigenvalue weighted by Crippen LogP contribution is 2.20. The second kappa shape index (κ2) is 9.61. The summed E-state index contributed by atoms with van der Waals surface area (Å²) in [5.41, 5.74) is 1.96. The molecular formula is C23H35N3O3. The van der Waals surface area contributed by atoms with Crippen molar-refractivity contribution in [3.8, 4) is 0 Å². The molecule has 1 aromatic rings. The summed E-state index contributed by atoms with van der Waals surface area (Å²) >= 11 is 0. The van der Waals surface area contributed by atoms with Crippen molar-refractivity contribution in [1.82, 2.24) is 15.1 Å². The van der Waals surface area contributed by atoms with Gasteiger partial charge in [0, 0.05) is 32.1 Å². The molecule has 0 aromatic heterocycles. The van der Waals surface area contributed by atoms with Gasteiger partial charge in [-0.3, -0.25) is 9.69 Å². The van der Waals surface area contributed by atoms with Gasteiger partial charge in [-0.05, 0) is 70.7 Å². The molecule has 0 bridgehead atoms. The number of carbonyl (C=O) groups is 2. The van der Waals surface area contributed by atoms with Crippen molar-refractivity contribution in [2.24, 2.45) is 5.92 Å². The van der Waals surface area contributed by atoms with Gasteiger partial charge in [-0.1, -0.05) is 24.3 Å². The number of hydrogen-bond donors (Lipinski definition) is 1. The van der Waals surface area contributed by atoms with Crippen LogP contribution in [0.15, 0.2) is 24.3 Å². The monoisotopic (exact) mass is 401 g/mol. The molecule has 0 aliphatic carbocycles. The van der Waals surface area contributed by atoms with Crippen LogP contribution >= 0.6 is 0 Å². The predicted octanol–water partition coefficient (Wildman–Crippen LogP) is 3.55. The Labute approximate surface area is 174 Å². The van der Waals surface area contributed by atoms with Gasteiger partial charge in [0.1, 0.15) is 5.60 Å². The highest BCUT2D eigenvalue weighted by molar-refractivity contribution is 5.79. The molecule has 1 N–H and O–H groups in total. The number of benzene rings is 1. The first-order chi connectivity index (χ1) is 13.8. The summed E-state index contributed by atoms with van der Waals surface area (Å²) in [6, 6.07) is 8.55. The second-order valence-corrected chi connectivity index (χ2v) is 9.26. The first-order valence-electron chi connectivity index (χ1n) is 10.9. The average molecular weight is 402 g/mol. The van der Waals surface area contributed by atoms with Crippen molar-refractivity contribution < 1.29 is 14.3 Å². The fourth-order valence-corrected chi connectivity index (χ4v) is 3.95. The van der Waals surface area contributed by atoms with Crippen LogP contribution < -0.4 is 5.32 Å². The van der Waals surface area contributed by atoms with Gasteiger partial charge in [-0.2, -0.15) is 0 Å². The molecule has 2 heterocycles. The minimum atomic E-state index is -0.491. The summed E-state index contributed by atoms with van der Waals surface area (Å²) in [5, 5.41) is 3.06. The van der Waals surface area contributed by atoms with E-state index in [0.29, 0.717) is 32.5 Å². The summed E-state index contributed by atoms with van der Waals surface area (Å²) < 4.78 is 5.41. The van der Waals surface area contributed by atoms with Crippen LogP contribution in [0.5, 0.6) is 0 Å². The smallest absolute Gasteiger partial charge is 0.410 e. The molecule has 0 unspecified atom stereocenters. The number of nitrogens with one attached hydrogen (secondary N) is 1. The topological polar surface area (TPSA) is 61.9 Å². The molecular weight excluding hydrogens is 366 g/mol. The maximum absolute atomic E-state index is 12.5. The maximum atomic E-state index is 12.5. The Bertz CT molecular complexity index is 682. The number of hydrogen-bond acceptors (Lipinski definition) is 4. The first kappa shape index (κ1) is 21.6. The van der Waals surface area contributed by atoms with Crippen LogP contribution in [0.2, 0.25) is 0 Å². The molecule has 160 valence electrons. The maximum Gasteiger partial charge on any atom is 0.410 e. The van der Waals surface area contributed by atoms with E-state index in [1.807, 2.05) is 20.8 Å².